The Labute approximate surface area is 175 Å². The molecule has 0 aromatic heterocycles. The molecule has 0 aliphatic carbocycles. The van der Waals surface area contributed by atoms with Crippen molar-refractivity contribution in [2.45, 2.75) is 0 Å². The van der Waals surface area contributed by atoms with E-state index in [4.69, 9.17) is 0 Å². The topological polar surface area (TPSA) is 0 Å². The van der Waals surface area contributed by atoms with E-state index in [-0.39, 0.29) is 0 Å². The van der Waals surface area contributed by atoms with E-state index in [1.54, 1.807) is 0 Å². The lowest BCUT2D eigenvalue weighted by Gasteiger charge is -2.17. The molecule has 140 valence electrons. The van der Waals surface area contributed by atoms with Gasteiger partial charge >= 0.3 is 0 Å². The van der Waals surface area contributed by atoms with Gasteiger partial charge < -0.3 is 0 Å². The summed E-state index contributed by atoms with van der Waals surface area (Å²) < 4.78 is 0. The highest BCUT2D eigenvalue weighted by molar-refractivity contribution is 7.93. The second-order valence-corrected chi connectivity index (χ2v) is 12.1. The van der Waals surface area contributed by atoms with Gasteiger partial charge in [0.1, 0.15) is 10.6 Å². The van der Waals surface area contributed by atoms with Crippen LogP contribution in [0.3, 0.4) is 0 Å². The van der Waals surface area contributed by atoms with Gasteiger partial charge in [-0.05, 0) is 40.5 Å². The molecule has 2 heteroatoms. The zero-order valence-electron chi connectivity index (χ0n) is 16.4. The van der Waals surface area contributed by atoms with Crippen molar-refractivity contribution in [2.24, 2.45) is 0 Å². The van der Waals surface area contributed by atoms with Crippen molar-refractivity contribution in [2.75, 3.05) is 6.66 Å². The zero-order chi connectivity index (χ0) is 19.9. The van der Waals surface area contributed by atoms with Crippen LogP contribution in [0, 0.1) is 11.3 Å². The number of hydrogen-bond donors (Lipinski definition) is 0. The predicted molar refractivity (Wildman–Crippen MR) is 132 cm³/mol. The third kappa shape index (κ3) is 4.49. The van der Waals surface area contributed by atoms with Gasteiger partial charge in [-0.2, -0.15) is 0 Å². The Hall–Kier alpha value is -2.70. The van der Waals surface area contributed by atoms with E-state index in [9.17, 15) is 0 Å². The number of benzene rings is 4. The molecule has 4 aromatic carbocycles. The van der Waals surface area contributed by atoms with E-state index in [0.29, 0.717) is 0 Å². The molecule has 0 nitrogen and oxygen atoms in total. The molecule has 0 saturated carbocycles. The third-order valence-corrected chi connectivity index (χ3v) is 10.3. The van der Waals surface area contributed by atoms with Crippen molar-refractivity contribution in [1.29, 1.82) is 0 Å². The smallest absolute Gasteiger partial charge is 0.0622 e. The molecule has 0 spiro atoms. The number of rotatable bonds is 4. The number of hydrogen-bond acceptors (Lipinski definition) is 0. The fraction of sp³-hybridized carbons (Fsp3) is 0.0370. The van der Waals surface area contributed by atoms with Crippen LogP contribution in [0.1, 0.15) is 0 Å². The summed E-state index contributed by atoms with van der Waals surface area (Å²) in [5.74, 6) is 0. The fourth-order valence-corrected chi connectivity index (χ4v) is 8.10. The van der Waals surface area contributed by atoms with Gasteiger partial charge in [0.15, 0.2) is 7.26 Å². The molecule has 0 aliphatic rings. The third-order valence-electron chi connectivity index (χ3n) is 4.96. The van der Waals surface area contributed by atoms with Crippen molar-refractivity contribution >= 4 is 36.4 Å². The van der Waals surface area contributed by atoms with Gasteiger partial charge in [0, 0.05) is 7.92 Å². The summed E-state index contributed by atoms with van der Waals surface area (Å²) in [4.78, 5) is 0. The average molecular weight is 409 g/mol. The van der Waals surface area contributed by atoms with Crippen molar-refractivity contribution in [1.82, 2.24) is 0 Å². The summed E-state index contributed by atoms with van der Waals surface area (Å²) in [7, 11) is -2.54. The van der Waals surface area contributed by atoms with E-state index in [2.05, 4.69) is 139 Å². The van der Waals surface area contributed by atoms with Crippen LogP contribution in [0.4, 0.5) is 0 Å². The first-order valence-electron chi connectivity index (χ1n) is 9.68. The van der Waals surface area contributed by atoms with Gasteiger partial charge in [-0.25, -0.2) is 0 Å². The summed E-state index contributed by atoms with van der Waals surface area (Å²) in [6, 6.07) is 42.9. The SMILES string of the molecule is C[P+](C#CP(c1ccccc1)c1ccccc1)(c1ccccc1)c1ccccc1. The second-order valence-electron chi connectivity index (χ2n) is 6.91. The summed E-state index contributed by atoms with van der Waals surface area (Å²) in [6.45, 7) is 2.34. The monoisotopic (exact) mass is 409 g/mol. The normalized spacial score (nSPS) is 11.0. The van der Waals surface area contributed by atoms with Gasteiger partial charge in [-0.15, -0.1) is 0 Å². The van der Waals surface area contributed by atoms with Crippen LogP contribution in [0.5, 0.6) is 0 Å². The van der Waals surface area contributed by atoms with Crippen LogP contribution in [-0.2, 0) is 0 Å². The molecular formula is C27H23P2+. The van der Waals surface area contributed by atoms with Gasteiger partial charge in [-0.3, -0.25) is 0 Å². The van der Waals surface area contributed by atoms with E-state index >= 15 is 0 Å². The van der Waals surface area contributed by atoms with E-state index in [0.717, 1.165) is 0 Å². The Morgan fingerprint density at radius 2 is 0.862 bits per heavy atom. The molecule has 0 aliphatic heterocycles. The lowest BCUT2D eigenvalue weighted by molar-refractivity contribution is 1.74. The summed E-state index contributed by atoms with van der Waals surface area (Å²) in [6.07, 6.45) is 0. The minimum atomic E-state index is -1.81. The van der Waals surface area contributed by atoms with Crippen LogP contribution in [0.15, 0.2) is 121 Å². The summed E-state index contributed by atoms with van der Waals surface area (Å²) in [5, 5.41) is 5.26. The molecule has 0 unspecified atom stereocenters. The van der Waals surface area contributed by atoms with Crippen molar-refractivity contribution in [3.63, 3.8) is 0 Å². The molecule has 0 amide bonds. The minimum Gasteiger partial charge on any atom is -0.0622 e. The highest BCUT2D eigenvalue weighted by Crippen LogP contribution is 2.52. The highest BCUT2D eigenvalue weighted by Gasteiger charge is 2.36. The summed E-state index contributed by atoms with van der Waals surface area (Å²) in [5.41, 5.74) is 7.57. The Bertz CT molecular complexity index is 1020. The molecule has 4 aromatic rings. The standard InChI is InChI=1S/C27H23P2/c1-29(26-18-10-4-11-19-26,27-20-12-5-13-21-27)23-22-28(24-14-6-2-7-15-24)25-16-8-3-9-17-25/h2-21H,1H3/q+1. The van der Waals surface area contributed by atoms with Gasteiger partial charge in [0.25, 0.3) is 0 Å². The lowest BCUT2D eigenvalue weighted by Crippen LogP contribution is -2.20. The highest BCUT2D eigenvalue weighted by atomic mass is 31.2. The zero-order valence-corrected chi connectivity index (χ0v) is 18.2. The molecule has 0 bridgehead atoms. The lowest BCUT2D eigenvalue weighted by atomic mass is 10.4. The van der Waals surface area contributed by atoms with Crippen molar-refractivity contribution < 1.29 is 0 Å². The van der Waals surface area contributed by atoms with Crippen molar-refractivity contribution in [3.8, 4) is 11.3 Å². The van der Waals surface area contributed by atoms with Gasteiger partial charge in [-0.1, -0.05) is 97.1 Å². The average Bonchev–Trinajstić information content (AvgIpc) is 2.81. The maximum Gasteiger partial charge on any atom is 0.154 e. The molecule has 0 fully saturated rings. The van der Waals surface area contributed by atoms with Crippen molar-refractivity contribution in [3.05, 3.63) is 121 Å². The van der Waals surface area contributed by atoms with E-state index in [1.807, 2.05) is 0 Å². The van der Waals surface area contributed by atoms with Crippen LogP contribution in [-0.4, -0.2) is 6.66 Å². The molecule has 0 radical (unpaired) electrons. The minimum absolute atomic E-state index is 0.729. The maximum absolute atomic E-state index is 3.82. The first-order chi connectivity index (χ1) is 14.3. The first kappa shape index (κ1) is 19.6. The van der Waals surface area contributed by atoms with Gasteiger partial charge in [0.2, 0.25) is 0 Å². The second kappa shape index (κ2) is 9.20. The Balaban J connectivity index is 1.85. The molecule has 0 N–H and O–H groups in total. The molecule has 0 heterocycles. The van der Waals surface area contributed by atoms with Crippen LogP contribution in [0.2, 0.25) is 0 Å². The van der Waals surface area contributed by atoms with Crippen LogP contribution < -0.4 is 21.2 Å². The first-order valence-corrected chi connectivity index (χ1v) is 13.3. The van der Waals surface area contributed by atoms with E-state index in [1.165, 1.54) is 21.2 Å². The van der Waals surface area contributed by atoms with Crippen LogP contribution >= 0.6 is 15.2 Å². The molecule has 4 rings (SSSR count). The quantitative estimate of drug-likeness (QED) is 0.315. The molecule has 0 atom stereocenters. The van der Waals surface area contributed by atoms with E-state index < -0.39 is 15.2 Å². The Morgan fingerprint density at radius 3 is 1.24 bits per heavy atom. The molecular weight excluding hydrogens is 386 g/mol. The van der Waals surface area contributed by atoms with Gasteiger partial charge in [0.05, 0.1) is 12.3 Å². The largest absolute Gasteiger partial charge is 0.154 e. The Morgan fingerprint density at radius 1 is 0.517 bits per heavy atom. The molecule has 29 heavy (non-hydrogen) atoms. The predicted octanol–water partition coefficient (Wildman–Crippen LogP) is 5.34. The maximum atomic E-state index is 3.82. The fourth-order valence-electron chi connectivity index (χ4n) is 3.31. The molecule has 0 saturated heterocycles. The van der Waals surface area contributed by atoms with Crippen LogP contribution in [0.25, 0.3) is 0 Å². The Kier molecular flexibility index (Phi) is 6.22. The summed E-state index contributed by atoms with van der Waals surface area (Å²) >= 11 is 0.